The number of methoxy groups -OCH3 is 1. The van der Waals surface area contributed by atoms with Crippen LogP contribution in [0.4, 0.5) is 4.79 Å². The lowest BCUT2D eigenvalue weighted by molar-refractivity contribution is 0.0729. The Hall–Kier alpha value is -2.82. The van der Waals surface area contributed by atoms with Crippen molar-refractivity contribution >= 4 is 12.1 Å². The van der Waals surface area contributed by atoms with Gasteiger partial charge in [-0.15, -0.1) is 0 Å². The molecule has 5 heteroatoms. The second-order valence-electron chi connectivity index (χ2n) is 4.84. The monoisotopic (exact) mass is 314 g/mol. The van der Waals surface area contributed by atoms with E-state index in [2.05, 4.69) is 4.74 Å². The van der Waals surface area contributed by atoms with Crippen LogP contribution < -0.4 is 9.47 Å². The second kappa shape index (κ2) is 7.98. The van der Waals surface area contributed by atoms with Crippen LogP contribution in [-0.4, -0.2) is 19.2 Å². The number of benzene rings is 2. The molecule has 0 fully saturated rings. The quantitative estimate of drug-likeness (QED) is 0.474. The van der Waals surface area contributed by atoms with Gasteiger partial charge in [0.05, 0.1) is 7.11 Å². The van der Waals surface area contributed by atoms with Crippen LogP contribution in [0.1, 0.15) is 29.3 Å². The van der Waals surface area contributed by atoms with Crippen molar-refractivity contribution in [2.24, 2.45) is 0 Å². The van der Waals surface area contributed by atoms with Crippen molar-refractivity contribution in [3.8, 4) is 11.5 Å². The fraction of sp³-hybridized carbons (Fsp3) is 0.222. The summed E-state index contributed by atoms with van der Waals surface area (Å²) in [5.41, 5.74) is 1.15. The van der Waals surface area contributed by atoms with Crippen molar-refractivity contribution in [3.63, 3.8) is 0 Å². The summed E-state index contributed by atoms with van der Waals surface area (Å²) in [6.07, 6.45) is 0.858. The van der Waals surface area contributed by atoms with E-state index >= 15 is 0 Å². The maximum Gasteiger partial charge on any atom is 0.513 e. The van der Waals surface area contributed by atoms with Crippen LogP contribution in [0.15, 0.2) is 48.5 Å². The molecular formula is C18H18O5. The van der Waals surface area contributed by atoms with E-state index in [4.69, 9.17) is 9.47 Å². The predicted molar refractivity (Wildman–Crippen MR) is 84.9 cm³/mol. The van der Waals surface area contributed by atoms with Gasteiger partial charge in [0, 0.05) is 0 Å². The smallest absolute Gasteiger partial charge is 0.437 e. The largest absolute Gasteiger partial charge is 0.513 e. The second-order valence-corrected chi connectivity index (χ2v) is 4.84. The number of para-hydroxylation sites is 1. The molecule has 0 heterocycles. The summed E-state index contributed by atoms with van der Waals surface area (Å²) in [5.74, 6) is -0.0619. The van der Waals surface area contributed by atoms with Crippen LogP contribution in [0.25, 0.3) is 0 Å². The summed E-state index contributed by atoms with van der Waals surface area (Å²) in [6.45, 7) is 2.04. The van der Waals surface area contributed by atoms with E-state index in [0.29, 0.717) is 5.75 Å². The number of hydrogen-bond donors (Lipinski definition) is 0. The average Bonchev–Trinajstić information content (AvgIpc) is 2.57. The molecule has 0 saturated heterocycles. The molecule has 2 aromatic rings. The molecular weight excluding hydrogens is 296 g/mol. The zero-order valence-electron chi connectivity index (χ0n) is 13.1. The van der Waals surface area contributed by atoms with Gasteiger partial charge in [-0.1, -0.05) is 37.6 Å². The molecule has 0 unspecified atom stereocenters. The zero-order chi connectivity index (χ0) is 16.7. The number of carbonyl (C=O) groups excluding carboxylic acids is 2. The van der Waals surface area contributed by atoms with Gasteiger partial charge in [-0.05, 0) is 36.2 Å². The molecule has 23 heavy (non-hydrogen) atoms. The maximum absolute atomic E-state index is 12.4. The Balaban J connectivity index is 2.29. The summed E-state index contributed by atoms with van der Waals surface area (Å²) >= 11 is 0. The van der Waals surface area contributed by atoms with Crippen molar-refractivity contribution in [2.45, 2.75) is 19.8 Å². The number of rotatable bonds is 5. The summed E-state index contributed by atoms with van der Waals surface area (Å²) in [6, 6.07) is 13.8. The SMILES string of the molecule is CCCc1ccc(OC(=O)OC)c(C(=O)Oc2ccccc2)c1. The Kier molecular flexibility index (Phi) is 5.74. The van der Waals surface area contributed by atoms with Gasteiger partial charge in [0.1, 0.15) is 17.1 Å². The number of esters is 1. The molecule has 0 amide bonds. The van der Waals surface area contributed by atoms with Crippen molar-refractivity contribution in [1.29, 1.82) is 0 Å². The van der Waals surface area contributed by atoms with Gasteiger partial charge >= 0.3 is 12.1 Å². The number of aryl methyl sites for hydroxylation is 1. The number of hydrogen-bond acceptors (Lipinski definition) is 5. The van der Waals surface area contributed by atoms with Gasteiger partial charge in [-0.3, -0.25) is 0 Å². The fourth-order valence-electron chi connectivity index (χ4n) is 2.05. The van der Waals surface area contributed by atoms with Crippen molar-refractivity contribution in [2.75, 3.05) is 7.11 Å². The molecule has 5 nitrogen and oxygen atoms in total. The number of ether oxygens (including phenoxy) is 3. The van der Waals surface area contributed by atoms with Gasteiger partial charge in [0.2, 0.25) is 0 Å². The summed E-state index contributed by atoms with van der Waals surface area (Å²) in [5, 5.41) is 0. The molecule has 0 aliphatic heterocycles. The third-order valence-corrected chi connectivity index (χ3v) is 3.12. The highest BCUT2D eigenvalue weighted by Crippen LogP contribution is 2.24. The van der Waals surface area contributed by atoms with Crippen LogP contribution in [0.5, 0.6) is 11.5 Å². The molecule has 0 bridgehead atoms. The normalized spacial score (nSPS) is 10.0. The molecule has 0 aliphatic rings. The van der Waals surface area contributed by atoms with Crippen LogP contribution in [0.3, 0.4) is 0 Å². The third kappa shape index (κ3) is 4.57. The first-order valence-corrected chi connectivity index (χ1v) is 7.30. The molecule has 0 saturated carbocycles. The van der Waals surface area contributed by atoms with Gasteiger partial charge < -0.3 is 14.2 Å². The van der Waals surface area contributed by atoms with Crippen LogP contribution in [0, 0.1) is 0 Å². The molecule has 120 valence electrons. The highest BCUT2D eigenvalue weighted by atomic mass is 16.7. The van der Waals surface area contributed by atoms with Crippen molar-refractivity contribution < 1.29 is 23.8 Å². The van der Waals surface area contributed by atoms with E-state index in [1.807, 2.05) is 13.0 Å². The molecule has 0 aromatic heterocycles. The molecule has 2 aromatic carbocycles. The van der Waals surface area contributed by atoms with Gasteiger partial charge in [0.25, 0.3) is 0 Å². The molecule has 0 N–H and O–H groups in total. The third-order valence-electron chi connectivity index (χ3n) is 3.12. The summed E-state index contributed by atoms with van der Waals surface area (Å²) in [4.78, 5) is 23.7. The molecule has 0 radical (unpaired) electrons. The predicted octanol–water partition coefficient (Wildman–Crippen LogP) is 4.00. The van der Waals surface area contributed by atoms with Crippen molar-refractivity contribution in [3.05, 3.63) is 59.7 Å². The molecule has 0 aliphatic carbocycles. The molecule has 0 atom stereocenters. The standard InChI is InChI=1S/C18H18O5/c1-3-7-13-10-11-16(23-18(20)21-2)15(12-13)17(19)22-14-8-5-4-6-9-14/h4-6,8-12H,3,7H2,1-2H3. The molecule has 2 rings (SSSR count). The lowest BCUT2D eigenvalue weighted by Gasteiger charge is -2.11. The highest BCUT2D eigenvalue weighted by Gasteiger charge is 2.18. The van der Waals surface area contributed by atoms with Gasteiger partial charge in [-0.2, -0.15) is 0 Å². The van der Waals surface area contributed by atoms with Gasteiger partial charge in [0.15, 0.2) is 0 Å². The topological polar surface area (TPSA) is 61.8 Å². The van der Waals surface area contributed by atoms with E-state index in [9.17, 15) is 9.59 Å². The Morgan fingerprint density at radius 2 is 1.74 bits per heavy atom. The first-order valence-electron chi connectivity index (χ1n) is 7.30. The van der Waals surface area contributed by atoms with Gasteiger partial charge in [-0.25, -0.2) is 9.59 Å². The lowest BCUT2D eigenvalue weighted by atomic mass is 10.1. The zero-order valence-corrected chi connectivity index (χ0v) is 13.1. The Morgan fingerprint density at radius 1 is 1.00 bits per heavy atom. The minimum Gasteiger partial charge on any atom is -0.437 e. The van der Waals surface area contributed by atoms with E-state index in [0.717, 1.165) is 18.4 Å². The van der Waals surface area contributed by atoms with Crippen LogP contribution in [-0.2, 0) is 11.2 Å². The van der Waals surface area contributed by atoms with Crippen LogP contribution in [0.2, 0.25) is 0 Å². The molecule has 0 spiro atoms. The Labute approximate surface area is 134 Å². The lowest BCUT2D eigenvalue weighted by Crippen LogP contribution is -2.14. The highest BCUT2D eigenvalue weighted by molar-refractivity contribution is 5.94. The minimum absolute atomic E-state index is 0.109. The number of carbonyl (C=O) groups is 2. The average molecular weight is 314 g/mol. The van der Waals surface area contributed by atoms with E-state index in [-0.39, 0.29) is 11.3 Å². The first kappa shape index (κ1) is 16.5. The van der Waals surface area contributed by atoms with E-state index in [1.54, 1.807) is 42.5 Å². The first-order chi connectivity index (χ1) is 11.1. The minimum atomic E-state index is -0.887. The van der Waals surface area contributed by atoms with Crippen molar-refractivity contribution in [1.82, 2.24) is 0 Å². The Bertz CT molecular complexity index is 679. The summed E-state index contributed by atoms with van der Waals surface area (Å²) in [7, 11) is 1.20. The maximum atomic E-state index is 12.4. The fourth-order valence-corrected chi connectivity index (χ4v) is 2.05. The summed E-state index contributed by atoms with van der Waals surface area (Å²) < 4.78 is 14.8. The van der Waals surface area contributed by atoms with E-state index in [1.165, 1.54) is 7.11 Å². The van der Waals surface area contributed by atoms with Crippen LogP contribution >= 0.6 is 0 Å². The Morgan fingerprint density at radius 3 is 2.39 bits per heavy atom. The van der Waals surface area contributed by atoms with E-state index < -0.39 is 12.1 Å².